The number of urea groups is 1. The Labute approximate surface area is 118 Å². The van der Waals surface area contributed by atoms with Crippen LogP contribution in [-0.2, 0) is 14.3 Å². The molecule has 0 aromatic heterocycles. The quantitative estimate of drug-likeness (QED) is 0.723. The lowest BCUT2D eigenvalue weighted by atomic mass is 10.2. The van der Waals surface area contributed by atoms with Gasteiger partial charge in [0.15, 0.2) is 0 Å². The number of hydrogen-bond donors (Lipinski definition) is 3. The second kappa shape index (κ2) is 7.56. The zero-order valence-corrected chi connectivity index (χ0v) is 10.6. The van der Waals surface area contributed by atoms with Crippen LogP contribution in [0, 0.1) is 17.1 Å². The Morgan fingerprint density at radius 3 is 2.67 bits per heavy atom. The van der Waals surface area contributed by atoms with Gasteiger partial charge in [0.25, 0.3) is 5.91 Å². The number of amides is 3. The van der Waals surface area contributed by atoms with Gasteiger partial charge in [-0.15, -0.1) is 0 Å². The van der Waals surface area contributed by atoms with Crippen LogP contribution in [0.25, 0.3) is 0 Å². The molecular formula is C12H10FN3O5. The molecule has 1 aromatic rings. The molecule has 21 heavy (non-hydrogen) atoms. The lowest BCUT2D eigenvalue weighted by Crippen LogP contribution is -2.37. The SMILES string of the molecule is N#Cc1cc(NC(=O)NC(=O)COCC(=O)O)ccc1F. The monoisotopic (exact) mass is 295 g/mol. The van der Waals surface area contributed by atoms with Crippen LogP contribution in [0.4, 0.5) is 14.9 Å². The number of rotatable bonds is 5. The van der Waals surface area contributed by atoms with E-state index in [9.17, 15) is 18.8 Å². The Balaban J connectivity index is 2.48. The highest BCUT2D eigenvalue weighted by Crippen LogP contribution is 2.13. The fourth-order valence-corrected chi connectivity index (χ4v) is 1.24. The summed E-state index contributed by atoms with van der Waals surface area (Å²) in [5.41, 5.74) is -0.145. The van der Waals surface area contributed by atoms with Gasteiger partial charge in [-0.1, -0.05) is 0 Å². The van der Waals surface area contributed by atoms with Gasteiger partial charge in [0.1, 0.15) is 25.1 Å². The molecule has 110 valence electrons. The summed E-state index contributed by atoms with van der Waals surface area (Å²) in [5.74, 6) is -2.83. The Morgan fingerprint density at radius 2 is 2.05 bits per heavy atom. The third-order valence-corrected chi connectivity index (χ3v) is 2.06. The minimum absolute atomic E-state index is 0.115. The molecular weight excluding hydrogens is 285 g/mol. The summed E-state index contributed by atoms with van der Waals surface area (Å²) in [6.07, 6.45) is 0. The van der Waals surface area contributed by atoms with Crippen LogP contribution in [0.3, 0.4) is 0 Å². The Kier molecular flexibility index (Phi) is 5.79. The molecule has 1 rings (SSSR count). The second-order valence-corrected chi connectivity index (χ2v) is 3.70. The van der Waals surface area contributed by atoms with E-state index in [-0.39, 0.29) is 11.3 Å². The molecule has 0 saturated carbocycles. The van der Waals surface area contributed by atoms with E-state index < -0.39 is 36.9 Å². The number of halogens is 1. The number of aliphatic carboxylic acids is 1. The molecule has 0 aliphatic rings. The van der Waals surface area contributed by atoms with E-state index in [1.807, 2.05) is 5.32 Å². The van der Waals surface area contributed by atoms with Crippen LogP contribution < -0.4 is 10.6 Å². The van der Waals surface area contributed by atoms with E-state index in [2.05, 4.69) is 10.1 Å². The molecule has 0 heterocycles. The molecule has 0 aliphatic heterocycles. The molecule has 0 atom stereocenters. The highest BCUT2D eigenvalue weighted by atomic mass is 19.1. The number of nitrogens with one attached hydrogen (secondary N) is 2. The van der Waals surface area contributed by atoms with Crippen molar-refractivity contribution in [3.05, 3.63) is 29.6 Å². The van der Waals surface area contributed by atoms with Crippen molar-refractivity contribution in [1.29, 1.82) is 5.26 Å². The Bertz CT molecular complexity index is 611. The second-order valence-electron chi connectivity index (χ2n) is 3.70. The van der Waals surface area contributed by atoms with Crippen molar-refractivity contribution in [3.63, 3.8) is 0 Å². The minimum atomic E-state index is -1.25. The first kappa shape index (κ1) is 16.1. The van der Waals surface area contributed by atoms with Crippen LogP contribution in [0.5, 0.6) is 0 Å². The number of carboxylic acid groups (broad SMARTS) is 1. The number of carboxylic acids is 1. The van der Waals surface area contributed by atoms with E-state index in [1.165, 1.54) is 6.07 Å². The van der Waals surface area contributed by atoms with E-state index in [4.69, 9.17) is 10.4 Å². The number of carbonyl (C=O) groups is 3. The van der Waals surface area contributed by atoms with Gasteiger partial charge in [0.05, 0.1) is 5.56 Å². The van der Waals surface area contributed by atoms with Gasteiger partial charge in [-0.2, -0.15) is 5.26 Å². The van der Waals surface area contributed by atoms with Gasteiger partial charge in [0, 0.05) is 5.69 Å². The lowest BCUT2D eigenvalue weighted by molar-refractivity contribution is -0.143. The van der Waals surface area contributed by atoms with Crippen LogP contribution in [0.1, 0.15) is 5.56 Å². The summed E-state index contributed by atoms with van der Waals surface area (Å²) in [7, 11) is 0. The highest BCUT2D eigenvalue weighted by Gasteiger charge is 2.10. The average Bonchev–Trinajstić information content (AvgIpc) is 2.40. The Morgan fingerprint density at radius 1 is 1.33 bits per heavy atom. The smallest absolute Gasteiger partial charge is 0.329 e. The van der Waals surface area contributed by atoms with Crippen molar-refractivity contribution < 1.29 is 28.6 Å². The number of imide groups is 1. The summed E-state index contributed by atoms with van der Waals surface area (Å²) >= 11 is 0. The average molecular weight is 295 g/mol. The fraction of sp³-hybridized carbons (Fsp3) is 0.167. The molecule has 9 heteroatoms. The molecule has 0 radical (unpaired) electrons. The van der Waals surface area contributed by atoms with Crippen LogP contribution >= 0.6 is 0 Å². The van der Waals surface area contributed by atoms with Crippen molar-refractivity contribution in [1.82, 2.24) is 5.32 Å². The first-order valence-electron chi connectivity index (χ1n) is 5.52. The summed E-state index contributed by atoms with van der Waals surface area (Å²) < 4.78 is 17.5. The van der Waals surface area contributed by atoms with Gasteiger partial charge in [-0.05, 0) is 18.2 Å². The van der Waals surface area contributed by atoms with Gasteiger partial charge < -0.3 is 15.2 Å². The highest BCUT2D eigenvalue weighted by molar-refractivity contribution is 6.01. The maximum Gasteiger partial charge on any atom is 0.329 e. The lowest BCUT2D eigenvalue weighted by Gasteiger charge is -2.07. The summed E-state index contributed by atoms with van der Waals surface area (Å²) in [5, 5.41) is 21.0. The molecule has 0 aliphatic carbocycles. The third kappa shape index (κ3) is 5.66. The van der Waals surface area contributed by atoms with E-state index >= 15 is 0 Å². The molecule has 0 bridgehead atoms. The maximum absolute atomic E-state index is 13.1. The molecule has 3 amide bonds. The number of benzene rings is 1. The maximum atomic E-state index is 13.1. The first-order chi connectivity index (χ1) is 9.92. The Hall–Kier alpha value is -2.99. The topological polar surface area (TPSA) is 129 Å². The van der Waals surface area contributed by atoms with E-state index in [0.717, 1.165) is 12.1 Å². The van der Waals surface area contributed by atoms with Gasteiger partial charge in [-0.3, -0.25) is 10.1 Å². The minimum Gasteiger partial charge on any atom is -0.480 e. The normalized spacial score (nSPS) is 9.52. The van der Waals surface area contributed by atoms with Gasteiger partial charge >= 0.3 is 12.0 Å². The van der Waals surface area contributed by atoms with E-state index in [0.29, 0.717) is 0 Å². The van der Waals surface area contributed by atoms with Crippen molar-refractivity contribution in [2.24, 2.45) is 0 Å². The summed E-state index contributed by atoms with van der Waals surface area (Å²) in [4.78, 5) is 32.8. The number of anilines is 1. The molecule has 3 N–H and O–H groups in total. The summed E-state index contributed by atoms with van der Waals surface area (Å²) in [6.45, 7) is -1.27. The van der Waals surface area contributed by atoms with Crippen LogP contribution in [0.15, 0.2) is 18.2 Å². The third-order valence-electron chi connectivity index (χ3n) is 2.06. The first-order valence-corrected chi connectivity index (χ1v) is 5.52. The number of nitrogens with zero attached hydrogens (tertiary/aromatic N) is 1. The zero-order valence-electron chi connectivity index (χ0n) is 10.6. The largest absolute Gasteiger partial charge is 0.480 e. The molecule has 0 spiro atoms. The number of hydrogen-bond acceptors (Lipinski definition) is 5. The zero-order chi connectivity index (χ0) is 15.8. The summed E-state index contributed by atoms with van der Waals surface area (Å²) in [6, 6.07) is 3.98. The van der Waals surface area contributed by atoms with Crippen LogP contribution in [-0.4, -0.2) is 36.2 Å². The van der Waals surface area contributed by atoms with Crippen molar-refractivity contribution in [2.45, 2.75) is 0 Å². The number of nitriles is 1. The molecule has 0 fully saturated rings. The predicted octanol–water partition coefficient (Wildman–Crippen LogP) is 0.447. The van der Waals surface area contributed by atoms with Crippen molar-refractivity contribution in [3.8, 4) is 6.07 Å². The molecule has 8 nitrogen and oxygen atoms in total. The van der Waals surface area contributed by atoms with Gasteiger partial charge in [-0.25, -0.2) is 14.0 Å². The number of carbonyl (C=O) groups excluding carboxylic acids is 2. The van der Waals surface area contributed by atoms with E-state index in [1.54, 1.807) is 6.07 Å². The molecule has 0 saturated heterocycles. The van der Waals surface area contributed by atoms with Crippen molar-refractivity contribution in [2.75, 3.05) is 18.5 Å². The van der Waals surface area contributed by atoms with Crippen LogP contribution in [0.2, 0.25) is 0 Å². The molecule has 0 unspecified atom stereocenters. The predicted molar refractivity (Wildman–Crippen MR) is 66.7 cm³/mol. The number of ether oxygens (including phenoxy) is 1. The molecule has 1 aromatic carbocycles. The van der Waals surface area contributed by atoms with Gasteiger partial charge in [0.2, 0.25) is 0 Å². The standard InChI is InChI=1S/C12H10FN3O5/c13-9-2-1-8(3-7(9)4-14)15-12(20)16-10(17)5-21-6-11(18)19/h1-3H,5-6H2,(H,18,19)(H2,15,16,17,20). The van der Waals surface area contributed by atoms with Crippen molar-refractivity contribution >= 4 is 23.6 Å². The fourth-order valence-electron chi connectivity index (χ4n) is 1.24.